The SMILES string of the molecule is N#Cc1ccc(OCc2cccnc2OC2CCN(Cc3nc4ccc(C(=O)O)cc4n3C[C@@H]3CCO3)CC2)c(F)c1. The van der Waals surface area contributed by atoms with E-state index >= 15 is 0 Å². The monoisotopic (exact) mass is 571 g/mol. The number of nitrogens with zero attached hydrogens (tertiary/aromatic N) is 5. The minimum absolute atomic E-state index is 0.0399. The summed E-state index contributed by atoms with van der Waals surface area (Å²) in [6.07, 6.45) is 4.28. The van der Waals surface area contributed by atoms with Crippen molar-refractivity contribution in [2.24, 2.45) is 0 Å². The van der Waals surface area contributed by atoms with E-state index in [-0.39, 0.29) is 35.7 Å². The van der Waals surface area contributed by atoms with E-state index in [2.05, 4.69) is 14.5 Å². The van der Waals surface area contributed by atoms with Gasteiger partial charge < -0.3 is 23.9 Å². The number of imidazole rings is 1. The van der Waals surface area contributed by atoms with Gasteiger partial charge in [0.05, 0.1) is 53.0 Å². The van der Waals surface area contributed by atoms with Crippen molar-refractivity contribution in [1.82, 2.24) is 19.4 Å². The molecule has 42 heavy (non-hydrogen) atoms. The highest BCUT2D eigenvalue weighted by molar-refractivity contribution is 5.92. The molecule has 2 fully saturated rings. The van der Waals surface area contributed by atoms with E-state index in [1.54, 1.807) is 30.5 Å². The highest BCUT2D eigenvalue weighted by Crippen LogP contribution is 2.27. The number of carboxylic acid groups (broad SMARTS) is 1. The summed E-state index contributed by atoms with van der Waals surface area (Å²) in [5, 5.41) is 18.4. The fourth-order valence-electron chi connectivity index (χ4n) is 5.29. The molecule has 4 aromatic rings. The van der Waals surface area contributed by atoms with Crippen LogP contribution < -0.4 is 9.47 Å². The predicted octanol–water partition coefficient (Wildman–Crippen LogP) is 4.55. The Balaban J connectivity index is 1.09. The molecule has 2 aliphatic rings. The Bertz CT molecular complexity index is 1640. The Kier molecular flexibility index (Phi) is 7.99. The van der Waals surface area contributed by atoms with Crippen molar-refractivity contribution in [2.75, 3.05) is 19.7 Å². The molecule has 0 amide bonds. The summed E-state index contributed by atoms with van der Waals surface area (Å²) >= 11 is 0. The maximum atomic E-state index is 14.3. The smallest absolute Gasteiger partial charge is 0.335 e. The summed E-state index contributed by atoms with van der Waals surface area (Å²) in [6.45, 7) is 3.69. The molecule has 0 radical (unpaired) electrons. The molecule has 4 heterocycles. The van der Waals surface area contributed by atoms with Crippen LogP contribution in [-0.2, 0) is 24.4 Å². The van der Waals surface area contributed by atoms with Crippen molar-refractivity contribution >= 4 is 17.0 Å². The second-order valence-corrected chi connectivity index (χ2v) is 10.5. The number of halogens is 1. The number of hydrogen-bond acceptors (Lipinski definition) is 8. The van der Waals surface area contributed by atoms with E-state index in [0.717, 1.165) is 61.9 Å². The van der Waals surface area contributed by atoms with Crippen molar-refractivity contribution in [2.45, 2.75) is 51.2 Å². The Hall–Kier alpha value is -4.53. The van der Waals surface area contributed by atoms with Crippen molar-refractivity contribution < 1.29 is 28.5 Å². The van der Waals surface area contributed by atoms with E-state index < -0.39 is 11.8 Å². The number of aromatic nitrogens is 3. The second-order valence-electron chi connectivity index (χ2n) is 10.5. The van der Waals surface area contributed by atoms with E-state index in [9.17, 15) is 14.3 Å². The maximum absolute atomic E-state index is 14.3. The van der Waals surface area contributed by atoms with Gasteiger partial charge in [0, 0.05) is 25.9 Å². The Morgan fingerprint density at radius 2 is 2.00 bits per heavy atom. The summed E-state index contributed by atoms with van der Waals surface area (Å²) in [7, 11) is 0. The minimum Gasteiger partial charge on any atom is -0.486 e. The molecule has 0 spiro atoms. The molecule has 2 aromatic heterocycles. The molecule has 0 saturated carbocycles. The fourth-order valence-corrected chi connectivity index (χ4v) is 5.29. The molecule has 2 saturated heterocycles. The number of hydrogen-bond donors (Lipinski definition) is 1. The summed E-state index contributed by atoms with van der Waals surface area (Å²) in [5.74, 6) is -0.143. The first-order valence-corrected chi connectivity index (χ1v) is 14.0. The molecule has 2 aromatic carbocycles. The molecule has 2 aliphatic heterocycles. The molecule has 1 N–H and O–H groups in total. The van der Waals surface area contributed by atoms with Gasteiger partial charge in [-0.05, 0) is 67.8 Å². The van der Waals surface area contributed by atoms with Crippen LogP contribution in [0, 0.1) is 17.1 Å². The normalized spacial score (nSPS) is 17.5. The molecule has 0 bridgehead atoms. The lowest BCUT2D eigenvalue weighted by molar-refractivity contribution is -0.0592. The van der Waals surface area contributed by atoms with Crippen molar-refractivity contribution in [3.8, 4) is 17.7 Å². The van der Waals surface area contributed by atoms with Gasteiger partial charge >= 0.3 is 5.97 Å². The lowest BCUT2D eigenvalue weighted by atomic mass is 10.1. The fraction of sp³-hybridized carbons (Fsp3) is 0.355. The zero-order valence-electron chi connectivity index (χ0n) is 22.9. The number of pyridine rings is 1. The number of likely N-dealkylation sites (tertiary alicyclic amines) is 1. The molecule has 6 rings (SSSR count). The topological polar surface area (TPSA) is 123 Å². The van der Waals surface area contributed by atoms with Crippen LogP contribution in [0.5, 0.6) is 11.6 Å². The lowest BCUT2D eigenvalue weighted by Gasteiger charge is -2.32. The molecule has 0 unspecified atom stereocenters. The van der Waals surface area contributed by atoms with Gasteiger partial charge in [0.2, 0.25) is 5.88 Å². The number of aromatic carboxylic acids is 1. The molecule has 11 heteroatoms. The van der Waals surface area contributed by atoms with Gasteiger partial charge in [0.25, 0.3) is 0 Å². The van der Waals surface area contributed by atoms with Crippen molar-refractivity contribution in [3.05, 3.63) is 83.1 Å². The molecule has 10 nitrogen and oxygen atoms in total. The maximum Gasteiger partial charge on any atom is 0.335 e. The highest BCUT2D eigenvalue weighted by atomic mass is 19.1. The van der Waals surface area contributed by atoms with Crippen LogP contribution in [0.1, 0.15) is 46.6 Å². The third-order valence-corrected chi connectivity index (χ3v) is 7.73. The Morgan fingerprint density at radius 1 is 1.17 bits per heavy atom. The first kappa shape index (κ1) is 27.6. The number of carbonyl (C=O) groups is 1. The van der Waals surface area contributed by atoms with E-state index in [1.165, 1.54) is 12.1 Å². The first-order chi connectivity index (χ1) is 20.5. The molecular formula is C31H30FN5O5. The number of rotatable bonds is 10. The summed E-state index contributed by atoms with van der Waals surface area (Å²) in [5.41, 5.74) is 2.76. The predicted molar refractivity (Wildman–Crippen MR) is 150 cm³/mol. The Labute approximate surface area is 241 Å². The quantitative estimate of drug-likeness (QED) is 0.292. The van der Waals surface area contributed by atoms with E-state index in [1.807, 2.05) is 12.1 Å². The number of nitriles is 1. The molecule has 1 atom stereocenters. The zero-order chi connectivity index (χ0) is 29.1. The summed E-state index contributed by atoms with van der Waals surface area (Å²) in [6, 6.07) is 14.7. The third kappa shape index (κ3) is 6.05. The van der Waals surface area contributed by atoms with Gasteiger partial charge in [-0.3, -0.25) is 4.90 Å². The summed E-state index contributed by atoms with van der Waals surface area (Å²) in [4.78, 5) is 23.2. The van der Waals surface area contributed by atoms with E-state index in [0.29, 0.717) is 24.5 Å². The van der Waals surface area contributed by atoms with Crippen molar-refractivity contribution in [1.29, 1.82) is 5.26 Å². The van der Waals surface area contributed by atoms with Gasteiger partial charge in [-0.1, -0.05) is 0 Å². The minimum atomic E-state index is -0.961. The third-order valence-electron chi connectivity index (χ3n) is 7.73. The van der Waals surface area contributed by atoms with Crippen LogP contribution in [-0.4, -0.2) is 62.4 Å². The standard InChI is InChI=1S/C31H30FN5O5/c32-25-14-20(16-33)3-6-28(25)41-19-22-2-1-10-34-30(22)42-23-7-11-36(12-8-23)18-29-35-26-5-4-21(31(38)39)15-27(26)37(29)17-24-9-13-40-24/h1-6,10,14-15,23-24H,7-9,11-13,17-19H2,(H,38,39)/t24-/m0/s1. The number of carboxylic acids is 1. The molecule has 216 valence electrons. The van der Waals surface area contributed by atoms with Crippen molar-refractivity contribution in [3.63, 3.8) is 0 Å². The average molecular weight is 572 g/mol. The number of piperidine rings is 1. The van der Waals surface area contributed by atoms with Crippen LogP contribution in [0.4, 0.5) is 4.39 Å². The largest absolute Gasteiger partial charge is 0.486 e. The van der Waals surface area contributed by atoms with Gasteiger partial charge in [0.1, 0.15) is 18.5 Å². The van der Waals surface area contributed by atoms with Crippen LogP contribution >= 0.6 is 0 Å². The molecular weight excluding hydrogens is 541 g/mol. The zero-order valence-corrected chi connectivity index (χ0v) is 22.9. The van der Waals surface area contributed by atoms with E-state index in [4.69, 9.17) is 24.5 Å². The highest BCUT2D eigenvalue weighted by Gasteiger charge is 2.26. The van der Waals surface area contributed by atoms with Gasteiger partial charge in [0.15, 0.2) is 11.6 Å². The molecule has 0 aliphatic carbocycles. The van der Waals surface area contributed by atoms with Gasteiger partial charge in [-0.2, -0.15) is 5.26 Å². The summed E-state index contributed by atoms with van der Waals surface area (Å²) < 4.78 is 34.0. The van der Waals surface area contributed by atoms with Crippen LogP contribution in [0.3, 0.4) is 0 Å². The van der Waals surface area contributed by atoms with Gasteiger partial charge in [-0.25, -0.2) is 19.2 Å². The number of ether oxygens (including phenoxy) is 3. The van der Waals surface area contributed by atoms with Crippen LogP contribution in [0.25, 0.3) is 11.0 Å². The van der Waals surface area contributed by atoms with Gasteiger partial charge in [-0.15, -0.1) is 0 Å². The lowest BCUT2D eigenvalue weighted by Crippen LogP contribution is -2.39. The number of fused-ring (bicyclic) bond motifs is 1. The Morgan fingerprint density at radius 3 is 2.71 bits per heavy atom. The average Bonchev–Trinajstić information content (AvgIpc) is 3.31. The first-order valence-electron chi connectivity index (χ1n) is 14.0. The van der Waals surface area contributed by atoms with Crippen LogP contribution in [0.15, 0.2) is 54.7 Å². The van der Waals surface area contributed by atoms with Crippen LogP contribution in [0.2, 0.25) is 0 Å². The second kappa shape index (κ2) is 12.1. The number of benzene rings is 2.